The summed E-state index contributed by atoms with van der Waals surface area (Å²) >= 11 is 0. The standard InChI is InChI=1S/C9H10F2N2O2/c1-4-6(2-7(14)15)13-3-5(8(4)12)9(10)11/h3,9H,2H2,1H3,(H2,12,13)(H,14,15). The second-order valence-electron chi connectivity index (χ2n) is 3.07. The van der Waals surface area contributed by atoms with Crippen LogP contribution in [0, 0.1) is 6.92 Å². The van der Waals surface area contributed by atoms with Crippen LogP contribution < -0.4 is 5.73 Å². The van der Waals surface area contributed by atoms with Crippen LogP contribution in [-0.2, 0) is 11.2 Å². The van der Waals surface area contributed by atoms with Gasteiger partial charge in [0.25, 0.3) is 6.43 Å². The molecule has 0 saturated carbocycles. The predicted octanol–water partition coefficient (Wildman–Crippen LogP) is 1.54. The molecule has 0 atom stereocenters. The van der Waals surface area contributed by atoms with E-state index < -0.39 is 12.4 Å². The average molecular weight is 216 g/mol. The van der Waals surface area contributed by atoms with Gasteiger partial charge in [-0.3, -0.25) is 9.78 Å². The Kier molecular flexibility index (Phi) is 3.18. The number of pyridine rings is 1. The van der Waals surface area contributed by atoms with E-state index >= 15 is 0 Å². The largest absolute Gasteiger partial charge is 0.481 e. The van der Waals surface area contributed by atoms with Gasteiger partial charge in [-0.1, -0.05) is 0 Å². The van der Waals surface area contributed by atoms with E-state index in [1.807, 2.05) is 0 Å². The molecule has 1 aromatic rings. The molecule has 0 aliphatic carbocycles. The van der Waals surface area contributed by atoms with Gasteiger partial charge in [0.2, 0.25) is 0 Å². The van der Waals surface area contributed by atoms with E-state index in [9.17, 15) is 13.6 Å². The minimum absolute atomic E-state index is 0.0868. The third kappa shape index (κ3) is 2.39. The van der Waals surface area contributed by atoms with E-state index in [0.29, 0.717) is 5.56 Å². The number of anilines is 1. The number of aliphatic carboxylic acids is 1. The summed E-state index contributed by atoms with van der Waals surface area (Å²) in [6.07, 6.45) is -2.10. The van der Waals surface area contributed by atoms with Gasteiger partial charge in [0.1, 0.15) is 0 Å². The fourth-order valence-electron chi connectivity index (χ4n) is 1.18. The van der Waals surface area contributed by atoms with Crippen LogP contribution in [0.5, 0.6) is 0 Å². The number of rotatable bonds is 3. The lowest BCUT2D eigenvalue weighted by Crippen LogP contribution is -2.08. The average Bonchev–Trinajstić information content (AvgIpc) is 2.12. The van der Waals surface area contributed by atoms with E-state index in [1.165, 1.54) is 6.92 Å². The number of nitrogens with zero attached hydrogens (tertiary/aromatic N) is 1. The maximum Gasteiger partial charge on any atom is 0.309 e. The lowest BCUT2D eigenvalue weighted by Gasteiger charge is -2.10. The highest BCUT2D eigenvalue weighted by Crippen LogP contribution is 2.27. The highest BCUT2D eigenvalue weighted by atomic mass is 19.3. The Morgan fingerprint density at radius 1 is 1.67 bits per heavy atom. The third-order valence-electron chi connectivity index (χ3n) is 2.06. The third-order valence-corrected chi connectivity index (χ3v) is 2.06. The molecule has 1 heterocycles. The number of carboxylic acids is 1. The molecule has 3 N–H and O–H groups in total. The van der Waals surface area contributed by atoms with Crippen molar-refractivity contribution >= 4 is 11.7 Å². The minimum Gasteiger partial charge on any atom is -0.481 e. The number of nitrogen functional groups attached to an aromatic ring is 1. The van der Waals surface area contributed by atoms with Gasteiger partial charge in [-0.2, -0.15) is 0 Å². The van der Waals surface area contributed by atoms with Crippen molar-refractivity contribution in [2.24, 2.45) is 0 Å². The zero-order valence-electron chi connectivity index (χ0n) is 8.00. The highest BCUT2D eigenvalue weighted by Gasteiger charge is 2.16. The Morgan fingerprint density at radius 3 is 2.73 bits per heavy atom. The van der Waals surface area contributed by atoms with Crippen LogP contribution in [0.2, 0.25) is 0 Å². The van der Waals surface area contributed by atoms with Crippen molar-refractivity contribution in [3.63, 3.8) is 0 Å². The lowest BCUT2D eigenvalue weighted by molar-refractivity contribution is -0.136. The Hall–Kier alpha value is -1.72. The first-order valence-corrected chi connectivity index (χ1v) is 4.17. The molecular weight excluding hydrogens is 206 g/mol. The number of hydrogen-bond acceptors (Lipinski definition) is 3. The summed E-state index contributed by atoms with van der Waals surface area (Å²) in [4.78, 5) is 14.1. The van der Waals surface area contributed by atoms with Gasteiger partial charge >= 0.3 is 5.97 Å². The van der Waals surface area contributed by atoms with Crippen molar-refractivity contribution in [1.29, 1.82) is 0 Å². The van der Waals surface area contributed by atoms with Crippen LogP contribution in [0.4, 0.5) is 14.5 Å². The number of halogens is 2. The lowest BCUT2D eigenvalue weighted by atomic mass is 10.1. The Labute approximate surface area is 84.7 Å². The highest BCUT2D eigenvalue weighted by molar-refractivity contribution is 5.71. The zero-order valence-corrected chi connectivity index (χ0v) is 8.00. The van der Waals surface area contributed by atoms with Gasteiger partial charge in [0.15, 0.2) is 0 Å². The van der Waals surface area contributed by atoms with Gasteiger partial charge in [0.05, 0.1) is 17.7 Å². The van der Waals surface area contributed by atoms with Gasteiger partial charge in [-0.05, 0) is 12.5 Å². The van der Waals surface area contributed by atoms with Gasteiger partial charge in [0, 0.05) is 11.9 Å². The molecule has 0 radical (unpaired) electrons. The van der Waals surface area contributed by atoms with Crippen molar-refractivity contribution in [2.75, 3.05) is 5.73 Å². The summed E-state index contributed by atoms with van der Waals surface area (Å²) < 4.78 is 24.7. The molecule has 0 bridgehead atoms. The normalized spacial score (nSPS) is 10.7. The van der Waals surface area contributed by atoms with Crippen molar-refractivity contribution in [1.82, 2.24) is 4.98 Å². The minimum atomic E-state index is -2.70. The maximum atomic E-state index is 12.4. The Morgan fingerprint density at radius 2 is 2.27 bits per heavy atom. The first-order valence-electron chi connectivity index (χ1n) is 4.17. The Bertz CT molecular complexity index is 394. The van der Waals surface area contributed by atoms with Crippen LogP contribution in [-0.4, -0.2) is 16.1 Å². The molecule has 0 aliphatic rings. The molecule has 0 spiro atoms. The molecule has 0 aromatic carbocycles. The Balaban J connectivity index is 3.15. The number of nitrogens with two attached hydrogens (primary N) is 1. The first-order chi connectivity index (χ1) is 6.93. The number of alkyl halides is 2. The SMILES string of the molecule is Cc1c(CC(=O)O)ncc(C(F)F)c1N. The predicted molar refractivity (Wildman–Crippen MR) is 49.7 cm³/mol. The number of carbonyl (C=O) groups is 1. The van der Waals surface area contributed by atoms with Gasteiger partial charge in [-0.25, -0.2) is 8.78 Å². The molecule has 0 fully saturated rings. The van der Waals surface area contributed by atoms with E-state index in [2.05, 4.69) is 4.98 Å². The molecule has 0 aliphatic heterocycles. The van der Waals surface area contributed by atoms with E-state index in [0.717, 1.165) is 6.20 Å². The van der Waals surface area contributed by atoms with Crippen molar-refractivity contribution in [2.45, 2.75) is 19.8 Å². The monoisotopic (exact) mass is 216 g/mol. The molecular formula is C9H10F2N2O2. The van der Waals surface area contributed by atoms with E-state index in [-0.39, 0.29) is 23.4 Å². The van der Waals surface area contributed by atoms with Crippen LogP contribution in [0.3, 0.4) is 0 Å². The maximum absolute atomic E-state index is 12.4. The molecule has 0 unspecified atom stereocenters. The van der Waals surface area contributed by atoms with Crippen molar-refractivity contribution < 1.29 is 18.7 Å². The first kappa shape index (κ1) is 11.4. The second-order valence-corrected chi connectivity index (χ2v) is 3.07. The van der Waals surface area contributed by atoms with Crippen molar-refractivity contribution in [3.8, 4) is 0 Å². The molecule has 82 valence electrons. The summed E-state index contributed by atoms with van der Waals surface area (Å²) in [5.74, 6) is -1.07. The summed E-state index contributed by atoms with van der Waals surface area (Å²) in [6, 6.07) is 0. The second kappa shape index (κ2) is 4.20. The number of carboxylic acid groups (broad SMARTS) is 1. The molecule has 1 aromatic heterocycles. The van der Waals surface area contributed by atoms with E-state index in [1.54, 1.807) is 0 Å². The quantitative estimate of drug-likeness (QED) is 0.803. The number of aromatic nitrogens is 1. The smallest absolute Gasteiger partial charge is 0.309 e. The molecule has 6 heteroatoms. The van der Waals surface area contributed by atoms with Crippen molar-refractivity contribution in [3.05, 3.63) is 23.0 Å². The fraction of sp³-hybridized carbons (Fsp3) is 0.333. The summed E-state index contributed by atoms with van der Waals surface area (Å²) in [5.41, 5.74) is 5.51. The summed E-state index contributed by atoms with van der Waals surface area (Å²) in [7, 11) is 0. The fourth-order valence-corrected chi connectivity index (χ4v) is 1.18. The molecule has 15 heavy (non-hydrogen) atoms. The molecule has 0 saturated heterocycles. The zero-order chi connectivity index (χ0) is 11.6. The summed E-state index contributed by atoms with van der Waals surface area (Å²) in [5, 5.41) is 8.53. The van der Waals surface area contributed by atoms with Crippen LogP contribution in [0.1, 0.15) is 23.2 Å². The van der Waals surface area contributed by atoms with Crippen LogP contribution in [0.15, 0.2) is 6.20 Å². The van der Waals surface area contributed by atoms with Crippen LogP contribution >= 0.6 is 0 Å². The number of hydrogen-bond donors (Lipinski definition) is 2. The summed E-state index contributed by atoms with van der Waals surface area (Å²) in [6.45, 7) is 1.48. The van der Waals surface area contributed by atoms with Gasteiger partial charge < -0.3 is 10.8 Å². The topological polar surface area (TPSA) is 76.2 Å². The molecule has 0 amide bonds. The molecule has 4 nitrogen and oxygen atoms in total. The van der Waals surface area contributed by atoms with Crippen LogP contribution in [0.25, 0.3) is 0 Å². The van der Waals surface area contributed by atoms with Gasteiger partial charge in [-0.15, -0.1) is 0 Å². The molecule has 1 rings (SSSR count). The van der Waals surface area contributed by atoms with E-state index in [4.69, 9.17) is 10.8 Å².